The second-order valence-corrected chi connectivity index (χ2v) is 7.17. The highest BCUT2D eigenvalue weighted by molar-refractivity contribution is 5.89. The van der Waals surface area contributed by atoms with E-state index in [-0.39, 0.29) is 0 Å². The van der Waals surface area contributed by atoms with Crippen LogP contribution in [0.1, 0.15) is 36.2 Å². The molecule has 3 heteroatoms. The van der Waals surface area contributed by atoms with E-state index in [1.807, 2.05) is 30.3 Å². The molecule has 1 N–H and O–H groups in total. The molecule has 1 aliphatic heterocycles. The van der Waals surface area contributed by atoms with E-state index in [1.165, 1.54) is 6.42 Å². The van der Waals surface area contributed by atoms with Crippen LogP contribution in [0.3, 0.4) is 0 Å². The molecule has 1 fully saturated rings. The van der Waals surface area contributed by atoms with Crippen molar-refractivity contribution in [1.82, 2.24) is 4.90 Å². The van der Waals surface area contributed by atoms with E-state index in [0.29, 0.717) is 11.0 Å². The van der Waals surface area contributed by atoms with Gasteiger partial charge in [0.25, 0.3) is 0 Å². The molecule has 1 aliphatic rings. The smallest absolute Gasteiger partial charge is 0.335 e. The quantitative estimate of drug-likeness (QED) is 0.916. The molecule has 0 atom stereocenters. The Morgan fingerprint density at radius 1 is 1.17 bits per heavy atom. The highest BCUT2D eigenvalue weighted by Gasteiger charge is 2.29. The topological polar surface area (TPSA) is 40.5 Å². The Morgan fingerprint density at radius 2 is 1.91 bits per heavy atom. The van der Waals surface area contributed by atoms with E-state index < -0.39 is 5.97 Å². The number of aromatic carboxylic acids is 1. The maximum Gasteiger partial charge on any atom is 0.335 e. The van der Waals surface area contributed by atoms with Gasteiger partial charge in [0.05, 0.1) is 5.56 Å². The fourth-order valence-corrected chi connectivity index (χ4v) is 3.36. The van der Waals surface area contributed by atoms with Crippen LogP contribution in [0.25, 0.3) is 11.1 Å². The molecule has 120 valence electrons. The monoisotopic (exact) mass is 309 g/mol. The summed E-state index contributed by atoms with van der Waals surface area (Å²) in [4.78, 5) is 13.8. The third kappa shape index (κ3) is 3.62. The van der Waals surface area contributed by atoms with Crippen LogP contribution in [0.2, 0.25) is 0 Å². The van der Waals surface area contributed by atoms with Crippen LogP contribution in [0.15, 0.2) is 48.5 Å². The molecule has 2 aromatic rings. The number of carboxylic acid groups (broad SMARTS) is 1. The maximum atomic E-state index is 11.3. The van der Waals surface area contributed by atoms with Crippen LogP contribution >= 0.6 is 0 Å². The van der Waals surface area contributed by atoms with Crippen molar-refractivity contribution in [2.75, 3.05) is 13.1 Å². The van der Waals surface area contributed by atoms with Crippen molar-refractivity contribution < 1.29 is 9.90 Å². The molecule has 0 aliphatic carbocycles. The first kappa shape index (κ1) is 15.8. The largest absolute Gasteiger partial charge is 0.478 e. The Labute approximate surface area is 137 Å². The predicted octanol–water partition coefficient (Wildman–Crippen LogP) is 4.28. The summed E-state index contributed by atoms with van der Waals surface area (Å²) >= 11 is 0. The number of hydrogen-bond donors (Lipinski definition) is 1. The zero-order valence-electron chi connectivity index (χ0n) is 13.7. The fraction of sp³-hybridized carbons (Fsp3) is 0.350. The second-order valence-electron chi connectivity index (χ2n) is 7.17. The van der Waals surface area contributed by atoms with E-state index in [1.54, 1.807) is 6.07 Å². The Hall–Kier alpha value is -2.13. The fourth-order valence-electron chi connectivity index (χ4n) is 3.36. The van der Waals surface area contributed by atoms with Gasteiger partial charge < -0.3 is 5.11 Å². The Bertz CT molecular complexity index is 707. The molecular weight excluding hydrogens is 286 g/mol. The van der Waals surface area contributed by atoms with Crippen molar-refractivity contribution in [3.63, 3.8) is 0 Å². The van der Waals surface area contributed by atoms with E-state index in [0.717, 1.165) is 36.3 Å². The van der Waals surface area contributed by atoms with Crippen LogP contribution in [0.4, 0.5) is 0 Å². The van der Waals surface area contributed by atoms with Crippen molar-refractivity contribution in [2.24, 2.45) is 5.41 Å². The molecule has 3 nitrogen and oxygen atoms in total. The van der Waals surface area contributed by atoms with Gasteiger partial charge in [-0.3, -0.25) is 4.90 Å². The summed E-state index contributed by atoms with van der Waals surface area (Å²) in [7, 11) is 0. The molecule has 2 aromatic carbocycles. The van der Waals surface area contributed by atoms with Crippen LogP contribution in [0.5, 0.6) is 0 Å². The molecule has 0 unspecified atom stereocenters. The van der Waals surface area contributed by atoms with E-state index in [9.17, 15) is 9.90 Å². The average molecular weight is 309 g/mol. The molecule has 3 rings (SSSR count). The van der Waals surface area contributed by atoms with Crippen LogP contribution in [0, 0.1) is 5.41 Å². The summed E-state index contributed by atoms with van der Waals surface area (Å²) in [6, 6.07) is 15.7. The maximum absolute atomic E-state index is 11.3. The molecule has 23 heavy (non-hydrogen) atoms. The predicted molar refractivity (Wildman–Crippen MR) is 92.5 cm³/mol. The number of rotatable bonds is 4. The van der Waals surface area contributed by atoms with Crippen molar-refractivity contribution in [1.29, 1.82) is 0 Å². The first-order valence-corrected chi connectivity index (χ1v) is 8.09. The second kappa shape index (κ2) is 6.17. The minimum atomic E-state index is -0.868. The van der Waals surface area contributed by atoms with Gasteiger partial charge >= 0.3 is 5.97 Å². The zero-order valence-corrected chi connectivity index (χ0v) is 13.7. The SMILES string of the molecule is CC1(C)CCN(Cc2cc(C(=O)O)ccc2-c2ccccc2)C1. The van der Waals surface area contributed by atoms with Gasteiger partial charge in [0.1, 0.15) is 0 Å². The highest BCUT2D eigenvalue weighted by atomic mass is 16.4. The number of carbonyl (C=O) groups is 1. The Balaban J connectivity index is 1.95. The molecule has 1 heterocycles. The molecule has 0 saturated carbocycles. The highest BCUT2D eigenvalue weighted by Crippen LogP contribution is 2.32. The summed E-state index contributed by atoms with van der Waals surface area (Å²) in [5.41, 5.74) is 4.06. The van der Waals surface area contributed by atoms with Gasteiger partial charge in [-0.25, -0.2) is 4.79 Å². The summed E-state index contributed by atoms with van der Waals surface area (Å²) < 4.78 is 0. The first-order valence-electron chi connectivity index (χ1n) is 8.09. The Kier molecular flexibility index (Phi) is 4.22. The van der Waals surface area contributed by atoms with Gasteiger partial charge in [0.15, 0.2) is 0 Å². The minimum absolute atomic E-state index is 0.345. The molecule has 0 radical (unpaired) electrons. The number of benzene rings is 2. The van der Waals surface area contributed by atoms with Gasteiger partial charge in [-0.2, -0.15) is 0 Å². The van der Waals surface area contributed by atoms with Crippen molar-refractivity contribution >= 4 is 5.97 Å². The lowest BCUT2D eigenvalue weighted by Crippen LogP contribution is -2.23. The number of carboxylic acids is 1. The molecule has 0 spiro atoms. The summed E-state index contributed by atoms with van der Waals surface area (Å²) in [5.74, 6) is -0.868. The van der Waals surface area contributed by atoms with Crippen LogP contribution < -0.4 is 0 Å². The third-order valence-corrected chi connectivity index (χ3v) is 4.59. The van der Waals surface area contributed by atoms with Gasteiger partial charge in [-0.1, -0.05) is 50.2 Å². The lowest BCUT2D eigenvalue weighted by molar-refractivity contribution is 0.0696. The summed E-state index contributed by atoms with van der Waals surface area (Å²) in [6.45, 7) is 7.50. The first-order chi connectivity index (χ1) is 10.9. The molecule has 0 bridgehead atoms. The van der Waals surface area contributed by atoms with Gasteiger partial charge in [0, 0.05) is 13.1 Å². The van der Waals surface area contributed by atoms with Crippen molar-refractivity contribution in [3.05, 3.63) is 59.7 Å². The number of hydrogen-bond acceptors (Lipinski definition) is 2. The molecule has 0 amide bonds. The molecule has 0 aromatic heterocycles. The van der Waals surface area contributed by atoms with E-state index in [4.69, 9.17) is 0 Å². The third-order valence-electron chi connectivity index (χ3n) is 4.59. The van der Waals surface area contributed by atoms with E-state index in [2.05, 4.69) is 30.9 Å². The van der Waals surface area contributed by atoms with Crippen molar-refractivity contribution in [3.8, 4) is 11.1 Å². The zero-order chi connectivity index (χ0) is 16.4. The lowest BCUT2D eigenvalue weighted by atomic mass is 9.93. The number of nitrogens with zero attached hydrogens (tertiary/aromatic N) is 1. The standard InChI is InChI=1S/C20H23NO2/c1-20(2)10-11-21(14-20)13-17-12-16(19(22)23)8-9-18(17)15-6-4-3-5-7-15/h3-9,12H,10-11,13-14H2,1-2H3,(H,22,23). The van der Waals surface area contributed by atoms with Gasteiger partial charge in [-0.15, -0.1) is 0 Å². The van der Waals surface area contributed by atoms with Crippen LogP contribution in [-0.2, 0) is 6.54 Å². The lowest BCUT2D eigenvalue weighted by Gasteiger charge is -2.21. The summed E-state index contributed by atoms with van der Waals surface area (Å²) in [6.07, 6.45) is 1.19. The van der Waals surface area contributed by atoms with E-state index >= 15 is 0 Å². The molecular formula is C20H23NO2. The number of likely N-dealkylation sites (tertiary alicyclic amines) is 1. The summed E-state index contributed by atoms with van der Waals surface area (Å²) in [5, 5.41) is 9.30. The van der Waals surface area contributed by atoms with Gasteiger partial charge in [0.2, 0.25) is 0 Å². The average Bonchev–Trinajstić information content (AvgIpc) is 2.87. The minimum Gasteiger partial charge on any atom is -0.478 e. The van der Waals surface area contributed by atoms with Crippen LogP contribution in [-0.4, -0.2) is 29.1 Å². The van der Waals surface area contributed by atoms with Crippen molar-refractivity contribution in [2.45, 2.75) is 26.8 Å². The molecule has 1 saturated heterocycles. The van der Waals surface area contributed by atoms with Gasteiger partial charge in [-0.05, 0) is 47.2 Å². The normalized spacial score (nSPS) is 17.3. The Morgan fingerprint density at radius 3 is 2.52 bits per heavy atom.